The molecule has 0 spiro atoms. The van der Waals surface area contributed by atoms with E-state index in [1.165, 1.54) is 193 Å². The normalized spacial score (nSPS) is 13.5. The number of carbonyl (C=O) groups excluding carboxylic acids is 2. The maximum absolute atomic E-state index is 12.4. The molecule has 0 aromatic carbocycles. The Labute approximate surface area is 338 Å². The lowest BCUT2D eigenvalue weighted by Gasteiger charge is -2.21. The van der Waals surface area contributed by atoms with E-state index in [1.54, 1.807) is 0 Å². The van der Waals surface area contributed by atoms with Crippen LogP contribution in [0, 0.1) is 17.8 Å². The van der Waals surface area contributed by atoms with Gasteiger partial charge >= 0.3 is 11.9 Å². The standard InChI is InChI=1S/C49H95NO4/c1-5-9-19-29-46(30-20-10-6-2)38-43-53-48(51)35-25-17-13-15-23-33-45(37-42-50-40-27-28-41-50)34-24-16-14-18-26-36-49(52)54-44-39-47(31-21-11-7-3)32-22-12-8-4/h45-47H,5-44H2,1-4H3. The monoisotopic (exact) mass is 762 g/mol. The number of hydrogen-bond donors (Lipinski definition) is 0. The van der Waals surface area contributed by atoms with Crippen molar-refractivity contribution in [3.63, 3.8) is 0 Å². The molecule has 5 heteroatoms. The zero-order valence-electron chi connectivity index (χ0n) is 37.1. The van der Waals surface area contributed by atoms with Gasteiger partial charge in [-0.15, -0.1) is 0 Å². The van der Waals surface area contributed by atoms with Crippen molar-refractivity contribution >= 4 is 11.9 Å². The fourth-order valence-electron chi connectivity index (χ4n) is 8.69. The molecule has 1 fully saturated rings. The van der Waals surface area contributed by atoms with Gasteiger partial charge in [0.15, 0.2) is 0 Å². The van der Waals surface area contributed by atoms with E-state index < -0.39 is 0 Å². The van der Waals surface area contributed by atoms with Crippen LogP contribution in [0.4, 0.5) is 0 Å². The van der Waals surface area contributed by atoms with Gasteiger partial charge in [-0.2, -0.15) is 0 Å². The molecule has 0 saturated carbocycles. The summed E-state index contributed by atoms with van der Waals surface area (Å²) in [7, 11) is 0. The Morgan fingerprint density at radius 2 is 0.722 bits per heavy atom. The van der Waals surface area contributed by atoms with Crippen LogP contribution in [0.1, 0.15) is 252 Å². The molecule has 0 bridgehead atoms. The van der Waals surface area contributed by atoms with Crippen molar-refractivity contribution in [1.29, 1.82) is 0 Å². The second-order valence-corrected chi connectivity index (χ2v) is 17.5. The van der Waals surface area contributed by atoms with Crippen LogP contribution in [-0.2, 0) is 19.1 Å². The highest BCUT2D eigenvalue weighted by atomic mass is 16.5. The van der Waals surface area contributed by atoms with E-state index in [9.17, 15) is 9.59 Å². The Morgan fingerprint density at radius 3 is 1.09 bits per heavy atom. The number of unbranched alkanes of at least 4 members (excludes halogenated alkanes) is 16. The summed E-state index contributed by atoms with van der Waals surface area (Å²) in [5.74, 6) is 2.34. The summed E-state index contributed by atoms with van der Waals surface area (Å²) in [6, 6.07) is 0. The molecule has 0 radical (unpaired) electrons. The molecule has 5 nitrogen and oxygen atoms in total. The summed E-state index contributed by atoms with van der Waals surface area (Å²) in [4.78, 5) is 27.5. The molecule has 0 N–H and O–H groups in total. The van der Waals surface area contributed by atoms with E-state index in [-0.39, 0.29) is 11.9 Å². The molecule has 0 aromatic heterocycles. The van der Waals surface area contributed by atoms with Crippen molar-refractivity contribution in [2.24, 2.45) is 17.8 Å². The zero-order chi connectivity index (χ0) is 39.2. The minimum absolute atomic E-state index is 0.0208. The molecule has 0 amide bonds. The lowest BCUT2D eigenvalue weighted by Crippen LogP contribution is -2.22. The average Bonchev–Trinajstić information content (AvgIpc) is 3.69. The fourth-order valence-corrected chi connectivity index (χ4v) is 8.69. The van der Waals surface area contributed by atoms with Crippen molar-refractivity contribution in [3.05, 3.63) is 0 Å². The van der Waals surface area contributed by atoms with E-state index in [4.69, 9.17) is 9.47 Å². The summed E-state index contributed by atoms with van der Waals surface area (Å²) in [6.45, 7) is 14.2. The van der Waals surface area contributed by atoms with E-state index in [0.29, 0.717) is 26.1 Å². The highest BCUT2D eigenvalue weighted by Crippen LogP contribution is 2.25. The van der Waals surface area contributed by atoms with Gasteiger partial charge in [-0.05, 0) is 82.3 Å². The van der Waals surface area contributed by atoms with Crippen LogP contribution in [-0.4, -0.2) is 49.7 Å². The van der Waals surface area contributed by atoms with Gasteiger partial charge < -0.3 is 14.4 Å². The second-order valence-electron chi connectivity index (χ2n) is 17.5. The average molecular weight is 762 g/mol. The first-order chi connectivity index (χ1) is 26.5. The number of ether oxygens (including phenoxy) is 2. The molecule has 1 saturated heterocycles. The molecule has 1 aliphatic heterocycles. The number of esters is 2. The first kappa shape index (κ1) is 50.9. The van der Waals surface area contributed by atoms with Crippen LogP contribution < -0.4 is 0 Å². The lowest BCUT2D eigenvalue weighted by atomic mass is 9.91. The predicted molar refractivity (Wildman–Crippen MR) is 233 cm³/mol. The van der Waals surface area contributed by atoms with Crippen LogP contribution in [0.25, 0.3) is 0 Å². The largest absolute Gasteiger partial charge is 0.466 e. The summed E-state index contributed by atoms with van der Waals surface area (Å²) in [5, 5.41) is 0. The topological polar surface area (TPSA) is 55.8 Å². The van der Waals surface area contributed by atoms with Gasteiger partial charge in [-0.25, -0.2) is 0 Å². The maximum atomic E-state index is 12.4. The van der Waals surface area contributed by atoms with Crippen molar-refractivity contribution < 1.29 is 19.1 Å². The van der Waals surface area contributed by atoms with E-state index in [1.807, 2.05) is 0 Å². The van der Waals surface area contributed by atoms with E-state index in [2.05, 4.69) is 32.6 Å². The Hall–Kier alpha value is -1.10. The first-order valence-electron chi connectivity index (χ1n) is 24.6. The maximum Gasteiger partial charge on any atom is 0.305 e. The quantitative estimate of drug-likeness (QED) is 0.0459. The molecule has 0 aliphatic carbocycles. The second kappa shape index (κ2) is 38.8. The van der Waals surface area contributed by atoms with Crippen LogP contribution in [0.2, 0.25) is 0 Å². The summed E-state index contributed by atoms with van der Waals surface area (Å²) >= 11 is 0. The van der Waals surface area contributed by atoms with Crippen molar-refractivity contribution in [1.82, 2.24) is 4.90 Å². The molecular weight excluding hydrogens is 667 g/mol. The summed E-state index contributed by atoms with van der Waals surface area (Å²) in [5.41, 5.74) is 0. The van der Waals surface area contributed by atoms with Gasteiger partial charge in [-0.3, -0.25) is 9.59 Å². The van der Waals surface area contributed by atoms with E-state index in [0.717, 1.165) is 56.3 Å². The molecule has 1 heterocycles. The number of rotatable bonds is 41. The molecule has 0 aromatic rings. The number of likely N-dealkylation sites (tertiary alicyclic amines) is 1. The van der Waals surface area contributed by atoms with Gasteiger partial charge in [0.2, 0.25) is 0 Å². The third kappa shape index (κ3) is 32.0. The van der Waals surface area contributed by atoms with Crippen LogP contribution in [0.15, 0.2) is 0 Å². The number of hydrogen-bond acceptors (Lipinski definition) is 5. The Bertz CT molecular complexity index is 736. The van der Waals surface area contributed by atoms with Gasteiger partial charge in [0.25, 0.3) is 0 Å². The number of carbonyl (C=O) groups is 2. The minimum atomic E-state index is 0.0208. The molecule has 0 unspecified atom stereocenters. The molecule has 1 rings (SSSR count). The zero-order valence-corrected chi connectivity index (χ0v) is 37.1. The Balaban J connectivity index is 2.19. The summed E-state index contributed by atoms with van der Waals surface area (Å²) < 4.78 is 11.4. The highest BCUT2D eigenvalue weighted by Gasteiger charge is 2.16. The number of nitrogens with zero attached hydrogens (tertiary/aromatic N) is 1. The van der Waals surface area contributed by atoms with Crippen molar-refractivity contribution in [2.75, 3.05) is 32.8 Å². The smallest absolute Gasteiger partial charge is 0.305 e. The third-order valence-corrected chi connectivity index (χ3v) is 12.5. The summed E-state index contributed by atoms with van der Waals surface area (Å²) in [6.07, 6.45) is 42.9. The molecule has 1 aliphatic rings. The van der Waals surface area contributed by atoms with Crippen molar-refractivity contribution in [2.45, 2.75) is 252 Å². The van der Waals surface area contributed by atoms with E-state index >= 15 is 0 Å². The molecular formula is C49H95NO4. The third-order valence-electron chi connectivity index (χ3n) is 12.5. The SMILES string of the molecule is CCCCCC(CCCCC)CCOC(=O)CCCCCCCC(CCCCCCCC(=O)OCCC(CCCCC)CCCCC)CCN1CCCC1. The molecule has 0 atom stereocenters. The van der Waals surface area contributed by atoms with Gasteiger partial charge in [0, 0.05) is 12.8 Å². The Kier molecular flexibility index (Phi) is 36.5. The van der Waals surface area contributed by atoms with Crippen molar-refractivity contribution in [3.8, 4) is 0 Å². The first-order valence-corrected chi connectivity index (χ1v) is 24.6. The van der Waals surface area contributed by atoms with Gasteiger partial charge in [-0.1, -0.05) is 195 Å². The Morgan fingerprint density at radius 1 is 0.407 bits per heavy atom. The van der Waals surface area contributed by atoms with Gasteiger partial charge in [0.1, 0.15) is 0 Å². The van der Waals surface area contributed by atoms with Crippen LogP contribution in [0.3, 0.4) is 0 Å². The molecule has 54 heavy (non-hydrogen) atoms. The van der Waals surface area contributed by atoms with Crippen LogP contribution >= 0.6 is 0 Å². The van der Waals surface area contributed by atoms with Crippen LogP contribution in [0.5, 0.6) is 0 Å². The highest BCUT2D eigenvalue weighted by molar-refractivity contribution is 5.69. The predicted octanol–water partition coefficient (Wildman–Crippen LogP) is 15.0. The minimum Gasteiger partial charge on any atom is -0.466 e. The lowest BCUT2D eigenvalue weighted by molar-refractivity contribution is -0.145. The fraction of sp³-hybridized carbons (Fsp3) is 0.959. The molecule has 320 valence electrons. The van der Waals surface area contributed by atoms with Gasteiger partial charge in [0.05, 0.1) is 13.2 Å².